The highest BCUT2D eigenvalue weighted by molar-refractivity contribution is 6.33. The average Bonchev–Trinajstić information content (AvgIpc) is 2.32. The number of para-hydroxylation sites is 1. The van der Waals surface area contributed by atoms with Gasteiger partial charge >= 0.3 is 12.0 Å². The minimum absolute atomic E-state index is 0.0612. The molecule has 1 aliphatic rings. The fourth-order valence-corrected chi connectivity index (χ4v) is 2.21. The van der Waals surface area contributed by atoms with Gasteiger partial charge in [0.05, 0.1) is 16.6 Å². The molecule has 2 amide bonds. The third kappa shape index (κ3) is 2.85. The predicted molar refractivity (Wildman–Crippen MR) is 72.3 cm³/mol. The largest absolute Gasteiger partial charge is 0.481 e. The second-order valence-electron chi connectivity index (χ2n) is 4.82. The molecule has 1 saturated heterocycles. The van der Waals surface area contributed by atoms with Gasteiger partial charge in [-0.3, -0.25) is 4.79 Å². The summed E-state index contributed by atoms with van der Waals surface area (Å²) < 4.78 is 13.5. The Kier molecular flexibility index (Phi) is 4.13. The number of likely N-dealkylation sites (tertiary alicyclic amines) is 1. The minimum Gasteiger partial charge on any atom is -0.481 e. The summed E-state index contributed by atoms with van der Waals surface area (Å²) in [5.41, 5.74) is -0.0612. The molecule has 7 heteroatoms. The van der Waals surface area contributed by atoms with E-state index in [0.29, 0.717) is 13.1 Å². The number of anilines is 1. The highest BCUT2D eigenvalue weighted by Gasteiger charge is 2.37. The van der Waals surface area contributed by atoms with E-state index in [1.54, 1.807) is 6.92 Å². The van der Waals surface area contributed by atoms with Crippen LogP contribution in [0.1, 0.15) is 6.92 Å². The van der Waals surface area contributed by atoms with E-state index in [0.717, 1.165) is 0 Å². The second-order valence-corrected chi connectivity index (χ2v) is 5.23. The van der Waals surface area contributed by atoms with Crippen LogP contribution >= 0.6 is 11.6 Å². The number of amides is 2. The SMILES string of the molecule is CC(C(=O)O)C1CN(C(=O)Nc2c(F)cccc2Cl)C1. The van der Waals surface area contributed by atoms with Gasteiger partial charge in [-0.25, -0.2) is 9.18 Å². The standard InChI is InChI=1S/C13H14ClFN2O3/c1-7(12(18)19)8-5-17(6-8)13(20)16-11-9(14)3-2-4-10(11)15/h2-4,7-8H,5-6H2,1H3,(H,16,20)(H,18,19). The van der Waals surface area contributed by atoms with Gasteiger partial charge in [-0.1, -0.05) is 24.6 Å². The van der Waals surface area contributed by atoms with Crippen molar-refractivity contribution < 1.29 is 19.1 Å². The first-order valence-corrected chi connectivity index (χ1v) is 6.50. The Labute approximate surface area is 120 Å². The molecule has 0 bridgehead atoms. The molecule has 0 aromatic heterocycles. The summed E-state index contributed by atoms with van der Waals surface area (Å²) in [6.07, 6.45) is 0. The number of hydrogen-bond donors (Lipinski definition) is 2. The lowest BCUT2D eigenvalue weighted by Gasteiger charge is -2.41. The minimum atomic E-state index is -0.882. The molecule has 1 fully saturated rings. The summed E-state index contributed by atoms with van der Waals surface area (Å²) >= 11 is 5.81. The molecule has 20 heavy (non-hydrogen) atoms. The van der Waals surface area contributed by atoms with Crippen molar-refractivity contribution in [2.45, 2.75) is 6.92 Å². The Morgan fingerprint density at radius 3 is 2.70 bits per heavy atom. The van der Waals surface area contributed by atoms with Crippen molar-refractivity contribution in [3.63, 3.8) is 0 Å². The number of urea groups is 1. The molecule has 0 saturated carbocycles. The first-order valence-electron chi connectivity index (χ1n) is 6.13. The van der Waals surface area contributed by atoms with Crippen molar-refractivity contribution in [3.8, 4) is 0 Å². The molecule has 108 valence electrons. The van der Waals surface area contributed by atoms with E-state index < -0.39 is 23.7 Å². The number of carboxylic acid groups (broad SMARTS) is 1. The number of nitrogens with one attached hydrogen (secondary N) is 1. The summed E-state index contributed by atoms with van der Waals surface area (Å²) in [5, 5.41) is 11.4. The van der Waals surface area contributed by atoms with Gasteiger partial charge in [0.1, 0.15) is 5.82 Å². The first kappa shape index (κ1) is 14.6. The lowest BCUT2D eigenvalue weighted by molar-refractivity contribution is -0.144. The van der Waals surface area contributed by atoms with Crippen LogP contribution < -0.4 is 5.32 Å². The van der Waals surface area contributed by atoms with E-state index >= 15 is 0 Å². The Bertz CT molecular complexity index is 526. The molecule has 1 aliphatic heterocycles. The van der Waals surface area contributed by atoms with Crippen molar-refractivity contribution in [2.24, 2.45) is 11.8 Å². The maximum Gasteiger partial charge on any atom is 0.321 e. The molecule has 1 aromatic carbocycles. The van der Waals surface area contributed by atoms with Gasteiger partial charge in [-0.2, -0.15) is 0 Å². The van der Waals surface area contributed by atoms with Crippen LogP contribution in [0.3, 0.4) is 0 Å². The van der Waals surface area contributed by atoms with E-state index in [4.69, 9.17) is 16.7 Å². The van der Waals surface area contributed by atoms with Crippen molar-refractivity contribution in [1.29, 1.82) is 0 Å². The number of nitrogens with zero attached hydrogens (tertiary/aromatic N) is 1. The fraction of sp³-hybridized carbons (Fsp3) is 0.385. The lowest BCUT2D eigenvalue weighted by Crippen LogP contribution is -2.54. The van der Waals surface area contributed by atoms with Crippen LogP contribution in [0.2, 0.25) is 5.02 Å². The van der Waals surface area contributed by atoms with E-state index in [1.165, 1.54) is 23.1 Å². The summed E-state index contributed by atoms with van der Waals surface area (Å²) in [4.78, 5) is 24.1. The van der Waals surface area contributed by atoms with Crippen molar-refractivity contribution >= 4 is 29.3 Å². The fourth-order valence-electron chi connectivity index (χ4n) is 2.00. The molecule has 1 aromatic rings. The van der Waals surface area contributed by atoms with Gasteiger partial charge in [-0.15, -0.1) is 0 Å². The number of carbonyl (C=O) groups excluding carboxylic acids is 1. The van der Waals surface area contributed by atoms with Gasteiger partial charge in [0, 0.05) is 19.0 Å². The maximum absolute atomic E-state index is 13.5. The predicted octanol–water partition coefficient (Wildman–Crippen LogP) is 2.66. The molecular weight excluding hydrogens is 287 g/mol. The summed E-state index contributed by atoms with van der Waals surface area (Å²) in [6.45, 7) is 2.28. The topological polar surface area (TPSA) is 69.6 Å². The highest BCUT2D eigenvalue weighted by atomic mass is 35.5. The van der Waals surface area contributed by atoms with Crippen LogP contribution in [0.5, 0.6) is 0 Å². The van der Waals surface area contributed by atoms with Crippen molar-refractivity contribution in [2.75, 3.05) is 18.4 Å². The molecule has 5 nitrogen and oxygen atoms in total. The molecule has 0 radical (unpaired) electrons. The second kappa shape index (κ2) is 5.66. The lowest BCUT2D eigenvalue weighted by atomic mass is 9.87. The number of halogens is 2. The van der Waals surface area contributed by atoms with Gasteiger partial charge in [0.2, 0.25) is 0 Å². The summed E-state index contributed by atoms with van der Waals surface area (Å²) in [6, 6.07) is 3.64. The van der Waals surface area contributed by atoms with Gasteiger partial charge in [0.15, 0.2) is 0 Å². The molecule has 1 heterocycles. The average molecular weight is 301 g/mol. The molecule has 1 atom stereocenters. The zero-order valence-corrected chi connectivity index (χ0v) is 11.5. The number of hydrogen-bond acceptors (Lipinski definition) is 2. The number of carbonyl (C=O) groups is 2. The monoisotopic (exact) mass is 300 g/mol. The van der Waals surface area contributed by atoms with Crippen LogP contribution in [0.4, 0.5) is 14.9 Å². The van der Waals surface area contributed by atoms with E-state index in [9.17, 15) is 14.0 Å². The maximum atomic E-state index is 13.5. The normalized spacial score (nSPS) is 16.4. The molecule has 0 aliphatic carbocycles. The molecule has 2 rings (SSSR count). The van der Waals surface area contributed by atoms with E-state index in [2.05, 4.69) is 5.32 Å². The molecule has 0 spiro atoms. The Morgan fingerprint density at radius 2 is 2.15 bits per heavy atom. The van der Waals surface area contributed by atoms with Gasteiger partial charge in [-0.05, 0) is 12.1 Å². The van der Waals surface area contributed by atoms with E-state index in [1.807, 2.05) is 0 Å². The van der Waals surface area contributed by atoms with Gasteiger partial charge < -0.3 is 15.3 Å². The van der Waals surface area contributed by atoms with Gasteiger partial charge in [0.25, 0.3) is 0 Å². The zero-order chi connectivity index (χ0) is 14.9. The van der Waals surface area contributed by atoms with Crippen LogP contribution in [-0.4, -0.2) is 35.1 Å². The van der Waals surface area contributed by atoms with E-state index in [-0.39, 0.29) is 16.6 Å². The Hall–Kier alpha value is -1.82. The number of benzene rings is 1. The van der Waals surface area contributed by atoms with Crippen LogP contribution in [0, 0.1) is 17.7 Å². The first-order chi connectivity index (χ1) is 9.40. The quantitative estimate of drug-likeness (QED) is 0.901. The summed E-state index contributed by atoms with van der Waals surface area (Å²) in [7, 11) is 0. The van der Waals surface area contributed by atoms with Crippen LogP contribution in [0.25, 0.3) is 0 Å². The number of carboxylic acids is 1. The number of rotatable bonds is 3. The molecular formula is C13H14ClFN2O3. The summed E-state index contributed by atoms with van der Waals surface area (Å²) in [5.74, 6) is -2.07. The highest BCUT2D eigenvalue weighted by Crippen LogP contribution is 2.28. The Morgan fingerprint density at radius 1 is 1.50 bits per heavy atom. The van der Waals surface area contributed by atoms with Crippen molar-refractivity contribution in [3.05, 3.63) is 29.0 Å². The number of aliphatic carboxylic acids is 1. The molecule has 1 unspecified atom stereocenters. The Balaban J connectivity index is 1.94. The third-order valence-corrected chi connectivity index (χ3v) is 3.80. The van der Waals surface area contributed by atoms with Crippen molar-refractivity contribution in [1.82, 2.24) is 4.90 Å². The zero-order valence-electron chi connectivity index (χ0n) is 10.8. The third-order valence-electron chi connectivity index (χ3n) is 3.49. The molecule has 2 N–H and O–H groups in total. The van der Waals surface area contributed by atoms with Crippen LogP contribution in [0.15, 0.2) is 18.2 Å². The smallest absolute Gasteiger partial charge is 0.321 e. The van der Waals surface area contributed by atoms with Crippen LogP contribution in [-0.2, 0) is 4.79 Å².